The van der Waals surface area contributed by atoms with E-state index >= 15 is 0 Å². The number of aromatic nitrogens is 4. The fourth-order valence-electron chi connectivity index (χ4n) is 5.16. The summed E-state index contributed by atoms with van der Waals surface area (Å²) in [5, 5.41) is 18.2. The lowest BCUT2D eigenvalue weighted by molar-refractivity contribution is -0.146. The Balaban J connectivity index is 1.25. The van der Waals surface area contributed by atoms with E-state index < -0.39 is 42.8 Å². The van der Waals surface area contributed by atoms with Gasteiger partial charge in [0.1, 0.15) is 24.6 Å². The molecule has 0 aliphatic carbocycles. The predicted molar refractivity (Wildman–Crippen MR) is 146 cm³/mol. The second-order valence-electron chi connectivity index (χ2n) is 9.63. The van der Waals surface area contributed by atoms with Crippen molar-refractivity contribution in [3.8, 4) is 0 Å². The molecule has 41 heavy (non-hydrogen) atoms. The van der Waals surface area contributed by atoms with E-state index in [0.29, 0.717) is 36.4 Å². The molecule has 6 rings (SSSR count). The van der Waals surface area contributed by atoms with Crippen LogP contribution < -0.4 is 16.0 Å². The third-order valence-corrected chi connectivity index (χ3v) is 7.03. The van der Waals surface area contributed by atoms with Crippen molar-refractivity contribution in [2.75, 3.05) is 18.4 Å². The quantitative estimate of drug-likeness (QED) is 0.240. The van der Waals surface area contributed by atoms with Crippen LogP contribution in [-0.4, -0.2) is 68.0 Å². The average molecular weight is 560 g/mol. The van der Waals surface area contributed by atoms with E-state index in [2.05, 4.69) is 30.9 Å². The second kappa shape index (κ2) is 11.6. The summed E-state index contributed by atoms with van der Waals surface area (Å²) >= 11 is 0. The minimum absolute atomic E-state index is 0.245. The first kappa shape index (κ1) is 26.8. The average Bonchev–Trinajstić information content (AvgIpc) is 3.69. The molecular formula is C28H29N7O6. The highest BCUT2D eigenvalue weighted by atomic mass is 16.8. The van der Waals surface area contributed by atoms with Gasteiger partial charge in [0.25, 0.3) is 0 Å². The molecule has 0 spiro atoms. The number of urea groups is 1. The number of imidazole rings is 1. The minimum Gasteiger partial charge on any atom is -0.478 e. The molecular weight excluding hydrogens is 530 g/mol. The lowest BCUT2D eigenvalue weighted by atomic mass is 10.1. The topological polar surface area (TPSA) is 162 Å². The van der Waals surface area contributed by atoms with Gasteiger partial charge >= 0.3 is 12.0 Å². The van der Waals surface area contributed by atoms with Gasteiger partial charge < -0.3 is 30.0 Å². The van der Waals surface area contributed by atoms with Gasteiger partial charge in [0.15, 0.2) is 29.5 Å². The molecule has 2 aliphatic heterocycles. The van der Waals surface area contributed by atoms with Crippen LogP contribution in [0, 0.1) is 0 Å². The van der Waals surface area contributed by atoms with Crippen molar-refractivity contribution in [1.82, 2.24) is 30.2 Å². The van der Waals surface area contributed by atoms with Crippen molar-refractivity contribution in [3.05, 3.63) is 83.9 Å². The van der Waals surface area contributed by atoms with Crippen molar-refractivity contribution in [2.24, 2.45) is 0 Å². The van der Waals surface area contributed by atoms with Crippen molar-refractivity contribution in [1.29, 1.82) is 0 Å². The Morgan fingerprint density at radius 3 is 2.56 bits per heavy atom. The van der Waals surface area contributed by atoms with Crippen LogP contribution in [0.1, 0.15) is 40.9 Å². The van der Waals surface area contributed by atoms with Gasteiger partial charge in [0, 0.05) is 25.2 Å². The number of amides is 2. The lowest BCUT2D eigenvalue weighted by Crippen LogP contribution is -2.36. The van der Waals surface area contributed by atoms with Crippen LogP contribution in [0.3, 0.4) is 0 Å². The Bertz CT molecular complexity index is 1550. The first-order valence-electron chi connectivity index (χ1n) is 13.3. The summed E-state index contributed by atoms with van der Waals surface area (Å²) < 4.78 is 21.0. The van der Waals surface area contributed by atoms with Crippen molar-refractivity contribution < 1.29 is 28.9 Å². The van der Waals surface area contributed by atoms with Gasteiger partial charge in [-0.05, 0) is 18.6 Å². The Hall–Kier alpha value is -4.43. The van der Waals surface area contributed by atoms with E-state index in [-0.39, 0.29) is 11.4 Å². The molecule has 2 fully saturated rings. The normalized spacial score (nSPS) is 23.4. The smallest absolute Gasteiger partial charge is 0.336 e. The molecule has 4 unspecified atom stereocenters. The molecule has 5 atom stereocenters. The minimum atomic E-state index is -0.979. The molecule has 4 N–H and O–H groups in total. The number of rotatable bonds is 9. The standard InChI is InChI=1S/C28H29N7O6/c1-2-30-28(38)34-23-20-24(32-14-31-23)35(15-33-20)25-22-21(40-27(41-22)16-8-4-3-5-9-16)19(39-25)13-29-12-17-10-6-7-11-18(17)26(36)37/h3-11,14-15,19,21-22,25,27,29H,2,12-13H2,1H3,(H,36,37)(H2,30,31,32,34,38)/t19?,21?,22?,25?,27-/m0/s1. The van der Waals surface area contributed by atoms with E-state index in [1.807, 2.05) is 37.3 Å². The Kier molecular flexibility index (Phi) is 7.57. The number of benzene rings is 2. The number of fused-ring (bicyclic) bond motifs is 2. The molecule has 2 saturated heterocycles. The van der Waals surface area contributed by atoms with Crippen LogP contribution in [0.5, 0.6) is 0 Å². The first-order valence-corrected chi connectivity index (χ1v) is 13.3. The Morgan fingerprint density at radius 1 is 0.976 bits per heavy atom. The summed E-state index contributed by atoms with van der Waals surface area (Å²) in [7, 11) is 0. The molecule has 4 aromatic rings. The molecule has 0 saturated carbocycles. The number of aromatic carboxylic acids is 1. The fourth-order valence-corrected chi connectivity index (χ4v) is 5.16. The first-order chi connectivity index (χ1) is 20.0. The molecule has 2 amide bonds. The zero-order valence-electron chi connectivity index (χ0n) is 22.1. The molecule has 13 heteroatoms. The van der Waals surface area contributed by atoms with E-state index in [1.165, 1.54) is 6.33 Å². The maximum atomic E-state index is 12.1. The van der Waals surface area contributed by atoms with E-state index in [9.17, 15) is 14.7 Å². The number of carboxylic acid groups (broad SMARTS) is 1. The van der Waals surface area contributed by atoms with E-state index in [1.54, 1.807) is 35.2 Å². The Morgan fingerprint density at radius 2 is 1.76 bits per heavy atom. The van der Waals surface area contributed by atoms with Gasteiger partial charge in [-0.25, -0.2) is 24.5 Å². The van der Waals surface area contributed by atoms with E-state index in [4.69, 9.17) is 14.2 Å². The lowest BCUT2D eigenvalue weighted by Gasteiger charge is -2.22. The Labute approximate surface area is 234 Å². The molecule has 212 valence electrons. The summed E-state index contributed by atoms with van der Waals surface area (Å²) in [5.74, 6) is -0.705. The summed E-state index contributed by atoms with van der Waals surface area (Å²) in [5.41, 5.74) is 2.67. The molecule has 2 aromatic carbocycles. The maximum absolute atomic E-state index is 12.1. The molecule has 2 aromatic heterocycles. The molecule has 13 nitrogen and oxygen atoms in total. The molecule has 4 heterocycles. The highest BCUT2D eigenvalue weighted by molar-refractivity contribution is 5.95. The number of carbonyl (C=O) groups is 2. The van der Waals surface area contributed by atoms with Crippen LogP contribution >= 0.6 is 0 Å². The number of nitrogens with zero attached hydrogens (tertiary/aromatic N) is 4. The highest BCUT2D eigenvalue weighted by Gasteiger charge is 2.53. The maximum Gasteiger partial charge on any atom is 0.336 e. The third kappa shape index (κ3) is 5.35. The highest BCUT2D eigenvalue weighted by Crippen LogP contribution is 2.44. The van der Waals surface area contributed by atoms with Crippen LogP contribution in [0.25, 0.3) is 11.2 Å². The van der Waals surface area contributed by atoms with Gasteiger partial charge in [-0.1, -0.05) is 48.5 Å². The van der Waals surface area contributed by atoms with Gasteiger partial charge in [0.05, 0.1) is 11.9 Å². The molecule has 0 radical (unpaired) electrons. The van der Waals surface area contributed by atoms with Gasteiger partial charge in [-0.2, -0.15) is 0 Å². The largest absolute Gasteiger partial charge is 0.478 e. The summed E-state index contributed by atoms with van der Waals surface area (Å²) in [6.45, 7) is 3.00. The summed E-state index contributed by atoms with van der Waals surface area (Å²) in [6, 6.07) is 16.1. The zero-order valence-corrected chi connectivity index (χ0v) is 22.1. The fraction of sp³-hybridized carbons (Fsp3) is 0.321. The van der Waals surface area contributed by atoms with Gasteiger partial charge in [-0.3, -0.25) is 9.88 Å². The number of anilines is 1. The van der Waals surface area contributed by atoms with Crippen LogP contribution in [0.2, 0.25) is 0 Å². The van der Waals surface area contributed by atoms with Crippen molar-refractivity contribution >= 4 is 29.0 Å². The van der Waals surface area contributed by atoms with Crippen molar-refractivity contribution in [2.45, 2.75) is 44.3 Å². The van der Waals surface area contributed by atoms with Gasteiger partial charge in [-0.15, -0.1) is 0 Å². The molecule has 2 aliphatic rings. The van der Waals surface area contributed by atoms with Crippen LogP contribution in [0.15, 0.2) is 67.3 Å². The number of nitrogens with one attached hydrogen (secondary N) is 3. The van der Waals surface area contributed by atoms with Crippen LogP contribution in [-0.2, 0) is 20.8 Å². The van der Waals surface area contributed by atoms with Gasteiger partial charge in [0.2, 0.25) is 0 Å². The number of ether oxygens (including phenoxy) is 3. The second-order valence-corrected chi connectivity index (χ2v) is 9.63. The predicted octanol–water partition coefficient (Wildman–Crippen LogP) is 2.84. The zero-order chi connectivity index (χ0) is 28.3. The summed E-state index contributed by atoms with van der Waals surface area (Å²) in [4.78, 5) is 36.8. The number of hydrogen-bond acceptors (Lipinski definition) is 9. The summed E-state index contributed by atoms with van der Waals surface area (Å²) in [6.07, 6.45) is 0.359. The number of hydrogen-bond donors (Lipinski definition) is 4. The third-order valence-electron chi connectivity index (χ3n) is 7.03. The monoisotopic (exact) mass is 559 g/mol. The van der Waals surface area contributed by atoms with Crippen LogP contribution in [0.4, 0.5) is 10.6 Å². The number of carbonyl (C=O) groups excluding carboxylic acids is 1. The number of carboxylic acids is 1. The SMILES string of the molecule is CCNC(=O)Nc1ncnc2c1ncn2C1OC(CNCc2ccccc2C(=O)O)C2O[C@H](c3ccccc3)OC21. The molecule has 0 bridgehead atoms. The van der Waals surface area contributed by atoms with E-state index in [0.717, 1.165) is 5.56 Å². The van der Waals surface area contributed by atoms with Crippen molar-refractivity contribution in [3.63, 3.8) is 0 Å².